The Balaban J connectivity index is 0.000000396. The SMILES string of the molecule is O=C(O)C(F)(F)F.O=C1CC[C@@H](NCc2ccn(C(F)F)n2)[C@H](c2ccccc2)N1. The first-order valence-corrected chi connectivity index (χ1v) is 8.78. The van der Waals surface area contributed by atoms with Crippen molar-refractivity contribution in [2.45, 2.75) is 44.2 Å². The molecule has 1 aliphatic rings. The first-order valence-electron chi connectivity index (χ1n) is 8.78. The number of amides is 1. The number of carboxylic acids is 1. The van der Waals surface area contributed by atoms with Crippen molar-refractivity contribution in [1.82, 2.24) is 20.4 Å². The van der Waals surface area contributed by atoms with Crippen LogP contribution in [0.5, 0.6) is 0 Å². The van der Waals surface area contributed by atoms with Gasteiger partial charge < -0.3 is 15.7 Å². The van der Waals surface area contributed by atoms with Crippen molar-refractivity contribution >= 4 is 11.9 Å². The standard InChI is InChI=1S/C16H18F2N4O.C2HF3O2/c17-16(18)22-9-8-12(21-22)10-19-13-6-7-14(23)20-15(13)11-4-2-1-3-5-11;3-2(4,5)1(6)7/h1-5,8-9,13,15-16,19H,6-7,10H2,(H,20,23);(H,6,7)/t13-,15+;/m1./s1. The maximum atomic E-state index is 12.5. The Labute approximate surface area is 167 Å². The smallest absolute Gasteiger partial charge is 0.475 e. The molecule has 1 aromatic heterocycles. The largest absolute Gasteiger partial charge is 0.490 e. The van der Waals surface area contributed by atoms with Crippen LogP contribution < -0.4 is 10.6 Å². The second-order valence-corrected chi connectivity index (χ2v) is 6.35. The van der Waals surface area contributed by atoms with Crippen LogP contribution in [0.3, 0.4) is 0 Å². The van der Waals surface area contributed by atoms with Crippen LogP contribution in [-0.2, 0) is 16.1 Å². The number of aromatic nitrogens is 2. The van der Waals surface area contributed by atoms with Crippen molar-refractivity contribution in [3.63, 3.8) is 0 Å². The number of nitrogens with zero attached hydrogens (tertiary/aromatic N) is 2. The van der Waals surface area contributed by atoms with E-state index in [2.05, 4.69) is 15.7 Å². The summed E-state index contributed by atoms with van der Waals surface area (Å²) in [5, 5.41) is 17.3. The second kappa shape index (κ2) is 10.1. The monoisotopic (exact) mass is 434 g/mol. The van der Waals surface area contributed by atoms with Gasteiger partial charge in [0.05, 0.1) is 11.7 Å². The zero-order valence-electron chi connectivity index (χ0n) is 15.4. The summed E-state index contributed by atoms with van der Waals surface area (Å²) in [6.07, 6.45) is -2.67. The highest BCUT2D eigenvalue weighted by Gasteiger charge is 2.38. The summed E-state index contributed by atoms with van der Waals surface area (Å²) >= 11 is 0. The molecule has 1 amide bonds. The predicted molar refractivity (Wildman–Crippen MR) is 94.4 cm³/mol. The number of aliphatic carboxylic acids is 1. The molecule has 0 aliphatic carbocycles. The summed E-state index contributed by atoms with van der Waals surface area (Å²) in [6, 6.07) is 11.2. The number of carboxylic acid groups (broad SMARTS) is 1. The van der Waals surface area contributed by atoms with Gasteiger partial charge in [-0.25, -0.2) is 9.48 Å². The third-order valence-electron chi connectivity index (χ3n) is 4.21. The normalized spacial score (nSPS) is 19.1. The summed E-state index contributed by atoms with van der Waals surface area (Å²) in [4.78, 5) is 20.6. The van der Waals surface area contributed by atoms with E-state index in [4.69, 9.17) is 9.90 Å². The van der Waals surface area contributed by atoms with Crippen LogP contribution in [-0.4, -0.2) is 39.0 Å². The molecule has 0 radical (unpaired) electrons. The number of carbonyl (C=O) groups is 2. The van der Waals surface area contributed by atoms with Gasteiger partial charge in [0.1, 0.15) is 0 Å². The molecule has 1 aromatic carbocycles. The minimum atomic E-state index is -5.08. The molecule has 0 spiro atoms. The summed E-state index contributed by atoms with van der Waals surface area (Å²) in [7, 11) is 0. The summed E-state index contributed by atoms with van der Waals surface area (Å²) in [5.41, 5.74) is 1.57. The van der Waals surface area contributed by atoms with Gasteiger partial charge in [-0.05, 0) is 18.1 Å². The lowest BCUT2D eigenvalue weighted by Crippen LogP contribution is -2.48. The fourth-order valence-electron chi connectivity index (χ4n) is 2.81. The van der Waals surface area contributed by atoms with Gasteiger partial charge in [-0.2, -0.15) is 27.1 Å². The minimum absolute atomic E-state index is 0.0267. The minimum Gasteiger partial charge on any atom is -0.475 e. The van der Waals surface area contributed by atoms with E-state index in [1.54, 1.807) is 6.07 Å². The lowest BCUT2D eigenvalue weighted by Gasteiger charge is -2.33. The number of rotatable bonds is 5. The first-order chi connectivity index (χ1) is 14.1. The van der Waals surface area contributed by atoms with Crippen molar-refractivity contribution in [1.29, 1.82) is 0 Å². The number of alkyl halides is 5. The highest BCUT2D eigenvalue weighted by atomic mass is 19.4. The molecule has 7 nitrogen and oxygen atoms in total. The van der Waals surface area contributed by atoms with Crippen molar-refractivity contribution in [3.8, 4) is 0 Å². The summed E-state index contributed by atoms with van der Waals surface area (Å²) in [5.74, 6) is -2.73. The van der Waals surface area contributed by atoms with E-state index >= 15 is 0 Å². The number of benzene rings is 1. The van der Waals surface area contributed by atoms with Gasteiger partial charge in [-0.1, -0.05) is 30.3 Å². The summed E-state index contributed by atoms with van der Waals surface area (Å²) in [6.45, 7) is -2.25. The van der Waals surface area contributed by atoms with Crippen LogP contribution in [0.25, 0.3) is 0 Å². The number of halogens is 5. The van der Waals surface area contributed by atoms with E-state index in [0.717, 1.165) is 5.56 Å². The molecule has 30 heavy (non-hydrogen) atoms. The van der Waals surface area contributed by atoms with E-state index in [1.807, 2.05) is 30.3 Å². The van der Waals surface area contributed by atoms with Gasteiger partial charge in [-0.3, -0.25) is 4.79 Å². The van der Waals surface area contributed by atoms with Crippen molar-refractivity contribution in [3.05, 3.63) is 53.9 Å². The van der Waals surface area contributed by atoms with Crippen LogP contribution in [0.1, 0.15) is 36.7 Å². The third kappa shape index (κ3) is 6.79. The summed E-state index contributed by atoms with van der Waals surface area (Å²) < 4.78 is 57.4. The zero-order valence-corrected chi connectivity index (χ0v) is 15.4. The maximum Gasteiger partial charge on any atom is 0.490 e. The number of nitrogens with one attached hydrogen (secondary N) is 2. The molecule has 2 heterocycles. The molecular weight excluding hydrogens is 415 g/mol. The molecule has 12 heteroatoms. The van der Waals surface area contributed by atoms with E-state index in [9.17, 15) is 26.7 Å². The number of hydrogen-bond acceptors (Lipinski definition) is 4. The molecule has 2 aromatic rings. The van der Waals surface area contributed by atoms with Crippen LogP contribution in [0.15, 0.2) is 42.6 Å². The number of hydrogen-bond donors (Lipinski definition) is 3. The predicted octanol–water partition coefficient (Wildman–Crippen LogP) is 3.02. The van der Waals surface area contributed by atoms with Crippen LogP contribution in [0, 0.1) is 0 Å². The van der Waals surface area contributed by atoms with E-state index in [0.29, 0.717) is 29.8 Å². The Bertz CT molecular complexity index is 842. The Morgan fingerprint density at radius 2 is 1.90 bits per heavy atom. The third-order valence-corrected chi connectivity index (χ3v) is 4.21. The van der Waals surface area contributed by atoms with Crippen molar-refractivity contribution in [2.75, 3.05) is 0 Å². The second-order valence-electron chi connectivity index (χ2n) is 6.35. The average Bonchev–Trinajstić information content (AvgIpc) is 3.17. The first kappa shape index (κ1) is 23.3. The van der Waals surface area contributed by atoms with Crippen LogP contribution >= 0.6 is 0 Å². The van der Waals surface area contributed by atoms with Crippen LogP contribution in [0.2, 0.25) is 0 Å². The molecule has 3 rings (SSSR count). The topological polar surface area (TPSA) is 96.2 Å². The van der Waals surface area contributed by atoms with Gasteiger partial charge >= 0.3 is 18.7 Å². The fraction of sp³-hybridized carbons (Fsp3) is 0.389. The van der Waals surface area contributed by atoms with E-state index in [-0.39, 0.29) is 18.0 Å². The molecule has 0 unspecified atom stereocenters. The molecular formula is C18H19F5N4O3. The molecule has 1 aliphatic heterocycles. The molecule has 1 saturated heterocycles. The van der Waals surface area contributed by atoms with Crippen molar-refractivity contribution in [2.24, 2.45) is 0 Å². The molecule has 2 atom stereocenters. The Hall–Kier alpha value is -3.02. The van der Waals surface area contributed by atoms with Crippen molar-refractivity contribution < 1.29 is 36.6 Å². The highest BCUT2D eigenvalue weighted by molar-refractivity contribution is 5.77. The molecule has 1 fully saturated rings. The van der Waals surface area contributed by atoms with Gasteiger partial charge in [0.15, 0.2) is 0 Å². The number of piperidine rings is 1. The fourth-order valence-corrected chi connectivity index (χ4v) is 2.81. The molecule has 0 bridgehead atoms. The van der Waals surface area contributed by atoms with E-state index in [1.165, 1.54) is 6.20 Å². The quantitative estimate of drug-likeness (QED) is 0.629. The number of carbonyl (C=O) groups excluding carboxylic acids is 1. The molecule has 164 valence electrons. The van der Waals surface area contributed by atoms with Gasteiger partial charge in [0.2, 0.25) is 5.91 Å². The lowest BCUT2D eigenvalue weighted by atomic mass is 9.92. The van der Waals surface area contributed by atoms with E-state index < -0.39 is 18.7 Å². The van der Waals surface area contributed by atoms with Gasteiger partial charge in [0.25, 0.3) is 0 Å². The molecule has 0 saturated carbocycles. The van der Waals surface area contributed by atoms with Gasteiger partial charge in [-0.15, -0.1) is 0 Å². The van der Waals surface area contributed by atoms with Crippen LogP contribution in [0.4, 0.5) is 22.0 Å². The van der Waals surface area contributed by atoms with Gasteiger partial charge in [0, 0.05) is 25.2 Å². The Kier molecular flexibility index (Phi) is 7.86. The highest BCUT2D eigenvalue weighted by Crippen LogP contribution is 2.24. The zero-order chi connectivity index (χ0) is 22.3. The lowest BCUT2D eigenvalue weighted by molar-refractivity contribution is -0.192. The Morgan fingerprint density at radius 3 is 2.43 bits per heavy atom. The Morgan fingerprint density at radius 1 is 1.27 bits per heavy atom. The molecule has 3 N–H and O–H groups in total. The average molecular weight is 434 g/mol. The maximum absolute atomic E-state index is 12.5.